The smallest absolute Gasteiger partial charge is 0.420 e. The first-order valence-corrected chi connectivity index (χ1v) is 14.2. The Morgan fingerprint density at radius 2 is 1.51 bits per heavy atom. The number of thiophene rings is 2. The number of aromatic nitrogens is 1. The first-order valence-electron chi connectivity index (χ1n) is 12.5. The zero-order valence-corrected chi connectivity index (χ0v) is 24.0. The quantitative estimate of drug-likeness (QED) is 0.167. The Balaban J connectivity index is 0. The fourth-order valence-corrected chi connectivity index (χ4v) is 6.50. The van der Waals surface area contributed by atoms with E-state index in [1.165, 1.54) is 9.75 Å². The summed E-state index contributed by atoms with van der Waals surface area (Å²) in [7, 11) is 0. The third-order valence-electron chi connectivity index (χ3n) is 6.58. The van der Waals surface area contributed by atoms with Gasteiger partial charge in [-0.25, -0.2) is 4.79 Å². The van der Waals surface area contributed by atoms with Crippen LogP contribution in [-0.2, 0) is 16.1 Å². The summed E-state index contributed by atoms with van der Waals surface area (Å²) in [6.07, 6.45) is 3.34. The highest BCUT2D eigenvalue weighted by atomic mass is 32.1. The highest BCUT2D eigenvalue weighted by Crippen LogP contribution is 2.41. The molecular weight excluding hydrogens is 526 g/mol. The van der Waals surface area contributed by atoms with Crippen LogP contribution in [0.15, 0.2) is 21.3 Å². The second-order valence-electron chi connectivity index (χ2n) is 10.2. The molecular formula is C32H55NO4S2. The molecule has 0 N–H and O–H groups in total. The zero-order chi connectivity index (χ0) is 25.9. The van der Waals surface area contributed by atoms with Gasteiger partial charge in [0.2, 0.25) is 0 Å². The molecule has 5 nitrogen and oxygen atoms in total. The Hall–Kier alpha value is -2.12. The topological polar surface area (TPSA) is 61.4 Å². The molecule has 3 aromatic rings. The molecule has 1 atom stereocenters. The van der Waals surface area contributed by atoms with E-state index in [1.54, 1.807) is 27.2 Å². The highest BCUT2D eigenvalue weighted by Gasteiger charge is 2.33. The number of carbonyl (C=O) groups excluding carboxylic acids is 1. The number of rotatable bonds is 11. The maximum atomic E-state index is 13.3. The summed E-state index contributed by atoms with van der Waals surface area (Å²) in [6.45, 7) is 17.4. The number of esters is 1. The van der Waals surface area contributed by atoms with Gasteiger partial charge in [-0.1, -0.05) is 56.4 Å². The van der Waals surface area contributed by atoms with Crippen LogP contribution in [0.25, 0.3) is 22.6 Å². The van der Waals surface area contributed by atoms with Gasteiger partial charge in [-0.15, -0.1) is 22.7 Å². The number of hydrogen-bond donors (Lipinski definition) is 0. The molecule has 0 saturated heterocycles. The Morgan fingerprint density at radius 1 is 0.974 bits per heavy atom. The van der Waals surface area contributed by atoms with Gasteiger partial charge in [0.15, 0.2) is 5.76 Å². The van der Waals surface area contributed by atoms with E-state index in [4.69, 9.17) is 9.15 Å². The van der Waals surface area contributed by atoms with Gasteiger partial charge in [-0.05, 0) is 72.4 Å². The first kappa shape index (κ1) is 39.0. The van der Waals surface area contributed by atoms with Crippen molar-refractivity contribution < 1.29 is 13.9 Å². The lowest BCUT2D eigenvalue weighted by Crippen LogP contribution is -2.31. The van der Waals surface area contributed by atoms with Crippen molar-refractivity contribution in [3.63, 3.8) is 0 Å². The maximum Gasteiger partial charge on any atom is 0.420 e. The lowest BCUT2D eigenvalue weighted by molar-refractivity contribution is -0.155. The predicted octanol–water partition coefficient (Wildman–Crippen LogP) is 10.5. The Kier molecular flexibility index (Phi) is 16.2. The molecule has 39 heavy (non-hydrogen) atoms. The van der Waals surface area contributed by atoms with E-state index in [0.29, 0.717) is 25.3 Å². The molecule has 0 spiro atoms. The van der Waals surface area contributed by atoms with Gasteiger partial charge in [0.05, 0.1) is 17.7 Å². The van der Waals surface area contributed by atoms with Crippen molar-refractivity contribution in [2.45, 2.75) is 117 Å². The minimum atomic E-state index is -0.624. The van der Waals surface area contributed by atoms with Crippen molar-refractivity contribution in [2.24, 2.45) is 11.3 Å². The number of carbonyl (C=O) groups is 1. The lowest BCUT2D eigenvalue weighted by Gasteiger charge is -2.27. The van der Waals surface area contributed by atoms with Crippen LogP contribution in [-0.4, -0.2) is 17.1 Å². The molecule has 0 amide bonds. The number of ether oxygens (including phenoxy) is 1. The van der Waals surface area contributed by atoms with Crippen LogP contribution >= 0.6 is 22.7 Å². The molecule has 0 fully saturated rings. The molecule has 0 aromatic carbocycles. The second-order valence-corrected chi connectivity index (χ2v) is 13.1. The summed E-state index contributed by atoms with van der Waals surface area (Å²) in [5, 5.41) is 0. The molecule has 0 aliphatic carbocycles. The average Bonchev–Trinajstić information content (AvgIpc) is 3.40. The van der Waals surface area contributed by atoms with Gasteiger partial charge in [-0.2, -0.15) is 0 Å². The third kappa shape index (κ3) is 8.94. The van der Waals surface area contributed by atoms with Crippen LogP contribution in [0, 0.1) is 39.0 Å². The summed E-state index contributed by atoms with van der Waals surface area (Å²) < 4.78 is 13.3. The second kappa shape index (κ2) is 16.2. The summed E-state index contributed by atoms with van der Waals surface area (Å²) in [5.74, 6) is 0.253. The molecule has 0 radical (unpaired) electrons. The highest BCUT2D eigenvalue weighted by molar-refractivity contribution is 7.12. The van der Waals surface area contributed by atoms with Crippen molar-refractivity contribution in [1.82, 2.24) is 4.57 Å². The van der Waals surface area contributed by atoms with Gasteiger partial charge in [0, 0.05) is 37.2 Å². The lowest BCUT2D eigenvalue weighted by atomic mass is 9.81. The molecule has 0 aliphatic rings. The minimum absolute atomic E-state index is 0. The number of oxazole rings is 1. The Bertz CT molecular complexity index is 1230. The number of nitrogens with zero attached hydrogens (tertiary/aromatic N) is 1. The predicted molar refractivity (Wildman–Crippen MR) is 174 cm³/mol. The normalized spacial score (nSPS) is 11.5. The molecule has 0 bridgehead atoms. The fraction of sp³-hybridized carbons (Fsp3) is 0.625. The minimum Gasteiger partial charge on any atom is -0.465 e. The summed E-state index contributed by atoms with van der Waals surface area (Å²) >= 11 is 3.44. The zero-order valence-electron chi connectivity index (χ0n) is 22.4. The van der Waals surface area contributed by atoms with Gasteiger partial charge < -0.3 is 9.15 Å². The van der Waals surface area contributed by atoms with E-state index in [-0.39, 0.29) is 47.3 Å². The van der Waals surface area contributed by atoms with E-state index < -0.39 is 5.41 Å². The van der Waals surface area contributed by atoms with Crippen LogP contribution < -0.4 is 5.76 Å². The molecule has 224 valence electrons. The van der Waals surface area contributed by atoms with E-state index in [2.05, 4.69) is 53.7 Å². The number of unbranched alkanes of at least 4 members (excludes halogenated alkanes) is 1. The Labute approximate surface area is 246 Å². The van der Waals surface area contributed by atoms with Gasteiger partial charge in [0.25, 0.3) is 0 Å². The molecule has 3 rings (SSSR count). The van der Waals surface area contributed by atoms with E-state index >= 15 is 0 Å². The number of aryl methyl sites for hydroxylation is 4. The fourth-order valence-electron chi connectivity index (χ4n) is 4.65. The van der Waals surface area contributed by atoms with Crippen LogP contribution in [0.2, 0.25) is 0 Å². The summed E-state index contributed by atoms with van der Waals surface area (Å²) in [4.78, 5) is 30.7. The monoisotopic (exact) mass is 581 g/mol. The summed E-state index contributed by atoms with van der Waals surface area (Å²) in [5.41, 5.74) is 2.25. The summed E-state index contributed by atoms with van der Waals surface area (Å²) in [6, 6.07) is 4.25. The van der Waals surface area contributed by atoms with Crippen LogP contribution in [0.1, 0.15) is 103 Å². The van der Waals surface area contributed by atoms with E-state index in [0.717, 1.165) is 45.8 Å². The molecule has 7 heteroatoms. The van der Waals surface area contributed by atoms with Gasteiger partial charge in [0.1, 0.15) is 0 Å². The van der Waals surface area contributed by atoms with Crippen molar-refractivity contribution in [3.05, 3.63) is 42.2 Å². The van der Waals surface area contributed by atoms with Crippen molar-refractivity contribution in [1.29, 1.82) is 0 Å². The molecule has 3 aromatic heterocycles. The van der Waals surface area contributed by atoms with Gasteiger partial charge in [-0.3, -0.25) is 9.36 Å². The van der Waals surface area contributed by atoms with Crippen molar-refractivity contribution in [2.75, 3.05) is 6.61 Å². The van der Waals surface area contributed by atoms with Crippen molar-refractivity contribution >= 4 is 28.6 Å². The van der Waals surface area contributed by atoms with Crippen LogP contribution in [0.3, 0.4) is 0 Å². The standard InChI is InChI=1S/C28H39NO4S2.4CH4/c1-9-11-12-32-26(30)28(7,8)15-21(10-2)16-29-24(22-13-17(3)34-19(22)5)25(33-27(29)31)23-14-18(4)35-20(23)6;;;;/h13-14,21H,9-12,15-16H2,1-8H3;4*1H4. The molecule has 0 aliphatic heterocycles. The van der Waals surface area contributed by atoms with Crippen molar-refractivity contribution in [3.8, 4) is 22.6 Å². The number of hydrogen-bond acceptors (Lipinski definition) is 6. The molecule has 0 saturated carbocycles. The van der Waals surface area contributed by atoms with E-state index in [1.807, 2.05) is 13.8 Å². The average molecular weight is 582 g/mol. The SMILES string of the molecule is C.C.C.C.CCCCOC(=O)C(C)(C)CC(CC)Cn1c(-c2cc(C)sc2C)c(-c2cc(C)sc2C)oc1=O. The molecule has 1 unspecified atom stereocenters. The molecule has 3 heterocycles. The van der Waals surface area contributed by atoms with Crippen LogP contribution in [0.4, 0.5) is 0 Å². The maximum absolute atomic E-state index is 13.3. The van der Waals surface area contributed by atoms with Gasteiger partial charge >= 0.3 is 11.7 Å². The first-order chi connectivity index (χ1) is 16.5. The third-order valence-corrected chi connectivity index (χ3v) is 8.51. The largest absolute Gasteiger partial charge is 0.465 e. The van der Waals surface area contributed by atoms with Crippen LogP contribution in [0.5, 0.6) is 0 Å². The van der Waals surface area contributed by atoms with E-state index in [9.17, 15) is 9.59 Å². The Morgan fingerprint density at radius 3 is 1.97 bits per heavy atom.